The molecule has 0 aromatic carbocycles. The lowest BCUT2D eigenvalue weighted by Crippen LogP contribution is -2.53. The Bertz CT molecular complexity index is 392. The maximum atomic E-state index is 5.81. The van der Waals surface area contributed by atoms with Crippen molar-refractivity contribution in [1.29, 1.82) is 0 Å². The highest BCUT2D eigenvalue weighted by molar-refractivity contribution is 5.57. The normalized spacial score (nSPS) is 19.8. The Hall–Kier alpha value is -1.36. The Labute approximate surface area is 95.6 Å². The molecule has 1 aliphatic rings. The molecule has 2 heterocycles. The predicted octanol–water partition coefficient (Wildman–Crippen LogP) is 0.982. The fourth-order valence-electron chi connectivity index (χ4n) is 1.98. The van der Waals surface area contributed by atoms with Crippen LogP contribution in [0.1, 0.15) is 19.4 Å². The van der Waals surface area contributed by atoms with Gasteiger partial charge < -0.3 is 15.4 Å². The second-order valence-corrected chi connectivity index (χ2v) is 4.72. The quantitative estimate of drug-likeness (QED) is 0.767. The van der Waals surface area contributed by atoms with E-state index < -0.39 is 0 Å². The molecule has 0 saturated carbocycles. The van der Waals surface area contributed by atoms with Crippen molar-refractivity contribution in [3.63, 3.8) is 0 Å². The zero-order valence-corrected chi connectivity index (χ0v) is 10.0. The third-order valence-electron chi connectivity index (χ3n) is 3.00. The number of nitrogens with two attached hydrogens (primary N) is 1. The van der Waals surface area contributed by atoms with Crippen molar-refractivity contribution in [2.75, 3.05) is 30.4 Å². The number of hydrogen-bond acceptors (Lipinski definition) is 5. The van der Waals surface area contributed by atoms with Gasteiger partial charge >= 0.3 is 0 Å². The van der Waals surface area contributed by atoms with E-state index in [9.17, 15) is 0 Å². The van der Waals surface area contributed by atoms with Crippen LogP contribution in [0.15, 0.2) is 6.33 Å². The number of nitrogens with zero attached hydrogens (tertiary/aromatic N) is 3. The van der Waals surface area contributed by atoms with E-state index in [1.54, 1.807) is 0 Å². The molecule has 0 spiro atoms. The zero-order valence-electron chi connectivity index (χ0n) is 10.0. The lowest BCUT2D eigenvalue weighted by atomic mass is 10.0. The Kier molecular flexibility index (Phi) is 2.71. The summed E-state index contributed by atoms with van der Waals surface area (Å²) in [5.41, 5.74) is 6.70. The van der Waals surface area contributed by atoms with Crippen LogP contribution in [-0.4, -0.2) is 35.3 Å². The standard InChI is InChI=1S/C11H18N4O/c1-8-9(12)13-7-14-10(8)15-4-5-16-6-11(15,2)3/h7H,4-6H2,1-3H3,(H2,12,13,14). The highest BCUT2D eigenvalue weighted by atomic mass is 16.5. The van der Waals surface area contributed by atoms with Gasteiger partial charge in [0.1, 0.15) is 18.0 Å². The van der Waals surface area contributed by atoms with Crippen molar-refractivity contribution in [3.05, 3.63) is 11.9 Å². The van der Waals surface area contributed by atoms with Crippen LogP contribution in [0.3, 0.4) is 0 Å². The SMILES string of the molecule is Cc1c(N)ncnc1N1CCOCC1(C)C. The monoisotopic (exact) mass is 222 g/mol. The van der Waals surface area contributed by atoms with Crippen molar-refractivity contribution >= 4 is 11.6 Å². The van der Waals surface area contributed by atoms with Gasteiger partial charge in [-0.3, -0.25) is 0 Å². The first-order valence-electron chi connectivity index (χ1n) is 5.45. The van der Waals surface area contributed by atoms with Crippen molar-refractivity contribution < 1.29 is 4.74 Å². The maximum Gasteiger partial charge on any atom is 0.137 e. The third-order valence-corrected chi connectivity index (χ3v) is 3.00. The molecule has 0 unspecified atom stereocenters. The fourth-order valence-corrected chi connectivity index (χ4v) is 1.98. The van der Waals surface area contributed by atoms with E-state index in [-0.39, 0.29) is 5.54 Å². The molecule has 5 nitrogen and oxygen atoms in total. The lowest BCUT2D eigenvalue weighted by Gasteiger charge is -2.43. The van der Waals surface area contributed by atoms with Gasteiger partial charge in [0.25, 0.3) is 0 Å². The highest BCUT2D eigenvalue weighted by Gasteiger charge is 2.32. The third kappa shape index (κ3) is 1.82. The summed E-state index contributed by atoms with van der Waals surface area (Å²) in [6.07, 6.45) is 1.52. The molecule has 0 amide bonds. The van der Waals surface area contributed by atoms with Gasteiger partial charge in [0, 0.05) is 12.1 Å². The number of aromatic nitrogens is 2. The summed E-state index contributed by atoms with van der Waals surface area (Å²) in [6, 6.07) is 0. The summed E-state index contributed by atoms with van der Waals surface area (Å²) in [6.45, 7) is 8.51. The second-order valence-electron chi connectivity index (χ2n) is 4.72. The number of nitrogen functional groups attached to an aromatic ring is 1. The number of hydrogen-bond donors (Lipinski definition) is 1. The Morgan fingerprint density at radius 2 is 2.19 bits per heavy atom. The average Bonchev–Trinajstić information content (AvgIpc) is 2.22. The molecule has 1 aromatic heterocycles. The van der Waals surface area contributed by atoms with Gasteiger partial charge in [-0.15, -0.1) is 0 Å². The molecule has 2 rings (SSSR count). The van der Waals surface area contributed by atoms with Gasteiger partial charge in [-0.05, 0) is 20.8 Å². The van der Waals surface area contributed by atoms with Gasteiger partial charge in [0.05, 0.1) is 18.8 Å². The van der Waals surface area contributed by atoms with Crippen molar-refractivity contribution in [3.8, 4) is 0 Å². The van der Waals surface area contributed by atoms with E-state index in [0.29, 0.717) is 12.4 Å². The van der Waals surface area contributed by atoms with Crippen LogP contribution in [0.4, 0.5) is 11.6 Å². The molecule has 0 aliphatic carbocycles. The minimum Gasteiger partial charge on any atom is -0.383 e. The van der Waals surface area contributed by atoms with Crippen LogP contribution in [0.25, 0.3) is 0 Å². The molecule has 0 atom stereocenters. The number of ether oxygens (including phenoxy) is 1. The molecule has 1 aromatic rings. The van der Waals surface area contributed by atoms with Gasteiger partial charge in [-0.25, -0.2) is 9.97 Å². The van der Waals surface area contributed by atoms with Crippen LogP contribution in [-0.2, 0) is 4.74 Å². The van der Waals surface area contributed by atoms with Crippen LogP contribution < -0.4 is 10.6 Å². The Morgan fingerprint density at radius 1 is 1.44 bits per heavy atom. The van der Waals surface area contributed by atoms with Crippen LogP contribution in [0.5, 0.6) is 0 Å². The smallest absolute Gasteiger partial charge is 0.137 e. The highest BCUT2D eigenvalue weighted by Crippen LogP contribution is 2.28. The van der Waals surface area contributed by atoms with E-state index in [2.05, 4.69) is 28.7 Å². The topological polar surface area (TPSA) is 64.3 Å². The minimum absolute atomic E-state index is 0.0518. The van der Waals surface area contributed by atoms with E-state index >= 15 is 0 Å². The molecular formula is C11H18N4O. The molecule has 0 bridgehead atoms. The summed E-state index contributed by atoms with van der Waals surface area (Å²) in [5.74, 6) is 1.47. The predicted molar refractivity (Wildman–Crippen MR) is 63.4 cm³/mol. The lowest BCUT2D eigenvalue weighted by molar-refractivity contribution is 0.0638. The molecule has 1 aliphatic heterocycles. The first-order valence-corrected chi connectivity index (χ1v) is 5.45. The Balaban J connectivity index is 2.39. The van der Waals surface area contributed by atoms with Crippen molar-refractivity contribution in [1.82, 2.24) is 9.97 Å². The molecule has 1 saturated heterocycles. The minimum atomic E-state index is -0.0518. The fraction of sp³-hybridized carbons (Fsp3) is 0.636. The molecule has 2 N–H and O–H groups in total. The molecule has 0 radical (unpaired) electrons. The largest absolute Gasteiger partial charge is 0.383 e. The summed E-state index contributed by atoms with van der Waals surface area (Å²) in [7, 11) is 0. The molecular weight excluding hydrogens is 204 g/mol. The Morgan fingerprint density at radius 3 is 2.88 bits per heavy atom. The first kappa shape index (κ1) is 11.1. The van der Waals surface area contributed by atoms with Crippen LogP contribution in [0.2, 0.25) is 0 Å². The summed E-state index contributed by atoms with van der Waals surface area (Å²) >= 11 is 0. The second kappa shape index (κ2) is 3.90. The summed E-state index contributed by atoms with van der Waals surface area (Å²) < 4.78 is 5.49. The average molecular weight is 222 g/mol. The molecule has 88 valence electrons. The number of anilines is 2. The number of rotatable bonds is 1. The summed E-state index contributed by atoms with van der Waals surface area (Å²) in [4.78, 5) is 10.6. The van der Waals surface area contributed by atoms with Gasteiger partial charge in [0.15, 0.2) is 0 Å². The summed E-state index contributed by atoms with van der Waals surface area (Å²) in [5, 5.41) is 0. The van der Waals surface area contributed by atoms with Crippen LogP contribution in [0, 0.1) is 6.92 Å². The number of morpholine rings is 1. The van der Waals surface area contributed by atoms with Gasteiger partial charge in [-0.2, -0.15) is 0 Å². The molecule has 1 fully saturated rings. The van der Waals surface area contributed by atoms with E-state index in [0.717, 1.165) is 24.5 Å². The zero-order chi connectivity index (χ0) is 11.8. The van der Waals surface area contributed by atoms with Crippen LogP contribution >= 0.6 is 0 Å². The van der Waals surface area contributed by atoms with E-state index in [1.807, 2.05) is 6.92 Å². The van der Waals surface area contributed by atoms with E-state index in [1.165, 1.54) is 6.33 Å². The maximum absolute atomic E-state index is 5.81. The van der Waals surface area contributed by atoms with Gasteiger partial charge in [0.2, 0.25) is 0 Å². The van der Waals surface area contributed by atoms with Gasteiger partial charge in [-0.1, -0.05) is 0 Å². The van der Waals surface area contributed by atoms with E-state index in [4.69, 9.17) is 10.5 Å². The molecule has 16 heavy (non-hydrogen) atoms. The first-order chi connectivity index (χ1) is 7.52. The molecule has 5 heteroatoms. The van der Waals surface area contributed by atoms with Crippen molar-refractivity contribution in [2.45, 2.75) is 26.3 Å². The van der Waals surface area contributed by atoms with Crippen molar-refractivity contribution in [2.24, 2.45) is 0 Å².